The standard InChI is InChI=1S/C56H34N10S/c1-5-17-35(18-6-1)49-57-50(36-19-7-2-8-20-36)60-55(59-49)65-46-28-16-14-26-42(46)44-33-39(30-32-47(44)65)53-63-64-54(67-53)40-29-31-43-41-25-13-15-27-45(41)66(48(43)34-40)56-61-51(37-21-9-3-10-22-37)58-52(62-56)38-23-11-4-12-24-38/h1-34H. The Morgan fingerprint density at radius 1 is 0.269 bits per heavy atom. The van der Waals surface area contributed by atoms with Crippen molar-refractivity contribution in [2.45, 2.75) is 0 Å². The van der Waals surface area contributed by atoms with Gasteiger partial charge >= 0.3 is 0 Å². The van der Waals surface area contributed by atoms with Gasteiger partial charge in [0, 0.05) is 54.9 Å². The highest BCUT2D eigenvalue weighted by atomic mass is 32.1. The van der Waals surface area contributed by atoms with Gasteiger partial charge in [0.1, 0.15) is 10.0 Å². The van der Waals surface area contributed by atoms with Crippen LogP contribution in [0.15, 0.2) is 206 Å². The summed E-state index contributed by atoms with van der Waals surface area (Å²) < 4.78 is 4.27. The average Bonchev–Trinajstić information content (AvgIpc) is 4.12. The Hall–Kier alpha value is -9.06. The summed E-state index contributed by atoms with van der Waals surface area (Å²) in [7, 11) is 0. The minimum Gasteiger partial charge on any atom is -0.278 e. The molecule has 0 N–H and O–H groups in total. The third-order valence-electron chi connectivity index (χ3n) is 12.0. The molecule has 0 spiro atoms. The molecule has 0 saturated carbocycles. The largest absolute Gasteiger partial charge is 0.278 e. The maximum Gasteiger partial charge on any atom is 0.238 e. The molecule has 0 aliphatic heterocycles. The van der Waals surface area contributed by atoms with Crippen LogP contribution in [0.5, 0.6) is 0 Å². The van der Waals surface area contributed by atoms with Crippen molar-refractivity contribution in [3.05, 3.63) is 206 Å². The third kappa shape index (κ3) is 6.72. The third-order valence-corrected chi connectivity index (χ3v) is 13.1. The van der Waals surface area contributed by atoms with Crippen molar-refractivity contribution in [3.63, 3.8) is 0 Å². The van der Waals surface area contributed by atoms with E-state index in [2.05, 4.69) is 94.1 Å². The SMILES string of the molecule is c1ccc(-c2nc(-c3ccccc3)nc(-n3c4ccccc4c4cc(-c5nnc(-c6ccc7c8ccccc8n(-c8nc(-c9ccccc9)nc(-c9ccccc9)n8)c7c6)s5)ccc43)n2)cc1. The van der Waals surface area contributed by atoms with Crippen molar-refractivity contribution in [2.24, 2.45) is 0 Å². The van der Waals surface area contributed by atoms with Gasteiger partial charge in [-0.15, -0.1) is 10.2 Å². The molecule has 11 heteroatoms. The summed E-state index contributed by atoms with van der Waals surface area (Å²) in [6.45, 7) is 0. The highest BCUT2D eigenvalue weighted by molar-refractivity contribution is 7.17. The summed E-state index contributed by atoms with van der Waals surface area (Å²) in [5.74, 6) is 3.49. The summed E-state index contributed by atoms with van der Waals surface area (Å²) >= 11 is 1.56. The Morgan fingerprint density at radius 3 is 1.10 bits per heavy atom. The van der Waals surface area contributed by atoms with Crippen molar-refractivity contribution >= 4 is 54.9 Å². The Balaban J connectivity index is 0.926. The van der Waals surface area contributed by atoms with E-state index in [9.17, 15) is 0 Å². The summed E-state index contributed by atoms with van der Waals surface area (Å²) in [6, 6.07) is 69.9. The van der Waals surface area contributed by atoms with E-state index in [0.717, 1.165) is 87.0 Å². The van der Waals surface area contributed by atoms with Crippen molar-refractivity contribution in [1.82, 2.24) is 49.2 Å². The van der Waals surface area contributed by atoms with E-state index in [1.54, 1.807) is 11.3 Å². The molecule has 0 unspecified atom stereocenters. The first kappa shape index (κ1) is 38.4. The van der Waals surface area contributed by atoms with E-state index >= 15 is 0 Å². The molecule has 5 aromatic heterocycles. The second-order valence-corrected chi connectivity index (χ2v) is 17.1. The fraction of sp³-hybridized carbons (Fsp3) is 0. The van der Waals surface area contributed by atoms with Crippen LogP contribution in [-0.4, -0.2) is 49.2 Å². The smallest absolute Gasteiger partial charge is 0.238 e. The number of benzene rings is 8. The van der Waals surface area contributed by atoms with Crippen LogP contribution < -0.4 is 0 Å². The van der Waals surface area contributed by atoms with Gasteiger partial charge in [-0.2, -0.15) is 19.9 Å². The van der Waals surface area contributed by atoms with Crippen LogP contribution in [-0.2, 0) is 0 Å². The predicted octanol–water partition coefficient (Wildman–Crippen LogP) is 13.1. The lowest BCUT2D eigenvalue weighted by atomic mass is 10.1. The van der Waals surface area contributed by atoms with Gasteiger partial charge in [0.25, 0.3) is 0 Å². The topological polar surface area (TPSA) is 113 Å². The molecule has 0 saturated heterocycles. The lowest BCUT2D eigenvalue weighted by Gasteiger charge is -2.11. The molecule has 0 radical (unpaired) electrons. The highest BCUT2D eigenvalue weighted by Gasteiger charge is 2.22. The Labute approximate surface area is 387 Å². The second kappa shape index (κ2) is 15.9. The molecule has 10 nitrogen and oxygen atoms in total. The molecule has 0 aliphatic rings. The number of rotatable bonds is 8. The van der Waals surface area contributed by atoms with E-state index in [0.29, 0.717) is 35.2 Å². The molecule has 5 heterocycles. The molecule has 314 valence electrons. The molecule has 8 aromatic carbocycles. The lowest BCUT2D eigenvalue weighted by Crippen LogP contribution is -2.06. The molecular formula is C56H34N10S. The zero-order chi connectivity index (χ0) is 44.3. The van der Waals surface area contributed by atoms with Gasteiger partial charge in [0.2, 0.25) is 11.9 Å². The zero-order valence-electron chi connectivity index (χ0n) is 35.5. The van der Waals surface area contributed by atoms with Gasteiger partial charge in [-0.3, -0.25) is 9.13 Å². The first-order valence-corrected chi connectivity index (χ1v) is 22.7. The van der Waals surface area contributed by atoms with E-state index in [1.807, 2.05) is 121 Å². The normalized spacial score (nSPS) is 11.6. The van der Waals surface area contributed by atoms with Crippen molar-refractivity contribution in [3.8, 4) is 78.6 Å². The Kier molecular flexibility index (Phi) is 9.10. The highest BCUT2D eigenvalue weighted by Crippen LogP contribution is 2.39. The maximum absolute atomic E-state index is 5.12. The first-order chi connectivity index (χ1) is 33.2. The summed E-state index contributed by atoms with van der Waals surface area (Å²) in [5.41, 5.74) is 9.48. The van der Waals surface area contributed by atoms with Crippen molar-refractivity contribution in [2.75, 3.05) is 0 Å². The van der Waals surface area contributed by atoms with Crippen LogP contribution in [0.4, 0.5) is 0 Å². The molecule has 0 fully saturated rings. The van der Waals surface area contributed by atoms with Gasteiger partial charge in [-0.1, -0.05) is 181 Å². The number of nitrogens with zero attached hydrogens (tertiary/aromatic N) is 10. The van der Waals surface area contributed by atoms with E-state index in [4.69, 9.17) is 40.1 Å². The molecule has 0 aliphatic carbocycles. The number of fused-ring (bicyclic) bond motifs is 6. The van der Waals surface area contributed by atoms with Crippen LogP contribution in [0.2, 0.25) is 0 Å². The second-order valence-electron chi connectivity index (χ2n) is 16.1. The lowest BCUT2D eigenvalue weighted by molar-refractivity contribution is 0.953. The zero-order valence-corrected chi connectivity index (χ0v) is 36.3. The minimum absolute atomic E-state index is 0.534. The molecule has 0 amide bonds. The van der Waals surface area contributed by atoms with Gasteiger partial charge < -0.3 is 0 Å². The van der Waals surface area contributed by atoms with Crippen LogP contribution in [0.3, 0.4) is 0 Å². The number of para-hydroxylation sites is 2. The van der Waals surface area contributed by atoms with Gasteiger partial charge in [0.15, 0.2) is 23.3 Å². The minimum atomic E-state index is 0.534. The van der Waals surface area contributed by atoms with E-state index in [-0.39, 0.29) is 0 Å². The molecule has 0 atom stereocenters. The van der Waals surface area contributed by atoms with Crippen molar-refractivity contribution in [1.29, 1.82) is 0 Å². The Morgan fingerprint density at radius 2 is 0.627 bits per heavy atom. The fourth-order valence-corrected chi connectivity index (χ4v) is 9.73. The number of aromatic nitrogens is 10. The molecule has 13 aromatic rings. The molecular weight excluding hydrogens is 845 g/mol. The van der Waals surface area contributed by atoms with Gasteiger partial charge in [-0.05, 0) is 36.4 Å². The van der Waals surface area contributed by atoms with Crippen LogP contribution in [0, 0.1) is 0 Å². The molecule has 0 bridgehead atoms. The maximum atomic E-state index is 5.12. The van der Waals surface area contributed by atoms with Crippen LogP contribution in [0.1, 0.15) is 0 Å². The molecule has 13 rings (SSSR count). The van der Waals surface area contributed by atoms with Crippen molar-refractivity contribution < 1.29 is 0 Å². The predicted molar refractivity (Wildman–Crippen MR) is 268 cm³/mol. The fourth-order valence-electron chi connectivity index (χ4n) is 8.89. The van der Waals surface area contributed by atoms with Crippen LogP contribution >= 0.6 is 11.3 Å². The molecule has 67 heavy (non-hydrogen) atoms. The first-order valence-electron chi connectivity index (χ1n) is 21.9. The quantitative estimate of drug-likeness (QED) is 0.148. The van der Waals surface area contributed by atoms with Gasteiger partial charge in [-0.25, -0.2) is 9.97 Å². The van der Waals surface area contributed by atoms with E-state index in [1.165, 1.54) is 0 Å². The monoisotopic (exact) mass is 878 g/mol. The number of hydrogen-bond donors (Lipinski definition) is 0. The Bertz CT molecular complexity index is 3860. The summed E-state index contributed by atoms with van der Waals surface area (Å²) in [4.78, 5) is 30.3. The average molecular weight is 879 g/mol. The number of hydrogen-bond acceptors (Lipinski definition) is 9. The summed E-state index contributed by atoms with van der Waals surface area (Å²) in [5, 5.41) is 15.5. The summed E-state index contributed by atoms with van der Waals surface area (Å²) in [6.07, 6.45) is 0. The van der Waals surface area contributed by atoms with Crippen LogP contribution in [0.25, 0.3) is 122 Å². The van der Waals surface area contributed by atoms with Gasteiger partial charge in [0.05, 0.1) is 22.1 Å². The van der Waals surface area contributed by atoms with E-state index < -0.39 is 0 Å².